The molecule has 0 amide bonds. The minimum absolute atomic E-state index is 0.00497. The zero-order chi connectivity index (χ0) is 17.7. The van der Waals surface area contributed by atoms with Gasteiger partial charge in [-0.15, -0.1) is 0 Å². The molecule has 0 radical (unpaired) electrons. The van der Waals surface area contributed by atoms with Gasteiger partial charge in [0, 0.05) is 14.0 Å². The van der Waals surface area contributed by atoms with Gasteiger partial charge in [0.25, 0.3) is 11.5 Å². The van der Waals surface area contributed by atoms with Gasteiger partial charge in [0.2, 0.25) is 0 Å². The van der Waals surface area contributed by atoms with Gasteiger partial charge in [0.05, 0.1) is 10.7 Å². The lowest BCUT2D eigenvalue weighted by atomic mass is 10.2. The Bertz CT molecular complexity index is 877. The maximum absolute atomic E-state index is 13.6. The van der Waals surface area contributed by atoms with E-state index in [1.165, 1.54) is 6.07 Å². The number of alkyl halides is 2. The van der Waals surface area contributed by atoms with E-state index in [0.717, 1.165) is 7.05 Å². The van der Waals surface area contributed by atoms with Crippen LogP contribution in [0.1, 0.15) is 23.9 Å². The maximum atomic E-state index is 13.6. The summed E-state index contributed by atoms with van der Waals surface area (Å²) < 4.78 is 28.6. The lowest BCUT2D eigenvalue weighted by molar-refractivity contribution is 0.00839. The molecule has 5 nitrogen and oxygen atoms in total. The van der Waals surface area contributed by atoms with E-state index in [9.17, 15) is 18.4 Å². The van der Waals surface area contributed by atoms with Crippen molar-refractivity contribution in [1.29, 1.82) is 0 Å². The highest BCUT2D eigenvalue weighted by Gasteiger charge is 2.34. The van der Waals surface area contributed by atoms with Crippen LogP contribution in [0.3, 0.4) is 0 Å². The number of aromatic nitrogens is 3. The normalized spacial score (nSPS) is 11.8. The first-order valence-electron chi connectivity index (χ1n) is 6.50. The fourth-order valence-corrected chi connectivity index (χ4v) is 2.82. The third-order valence-electron chi connectivity index (χ3n) is 3.36. The summed E-state index contributed by atoms with van der Waals surface area (Å²) >= 11 is 11.7. The van der Waals surface area contributed by atoms with Gasteiger partial charge >= 0.3 is 5.69 Å². The topological polar surface area (TPSA) is 56.9 Å². The second-order valence-electron chi connectivity index (χ2n) is 5.23. The van der Waals surface area contributed by atoms with Crippen molar-refractivity contribution < 1.29 is 8.78 Å². The van der Waals surface area contributed by atoms with Crippen molar-refractivity contribution in [2.75, 3.05) is 0 Å². The fourth-order valence-electron chi connectivity index (χ4n) is 2.24. The Morgan fingerprint density at radius 1 is 1.22 bits per heavy atom. The molecule has 0 aliphatic rings. The Kier molecular flexibility index (Phi) is 4.38. The lowest BCUT2D eigenvalue weighted by Crippen LogP contribution is -2.42. The van der Waals surface area contributed by atoms with Crippen LogP contribution in [0, 0.1) is 13.8 Å². The molecule has 0 saturated heterocycles. The summed E-state index contributed by atoms with van der Waals surface area (Å²) in [4.78, 5) is 28.9. The molecule has 0 N–H and O–H groups in total. The van der Waals surface area contributed by atoms with Gasteiger partial charge in [0.15, 0.2) is 0 Å². The summed E-state index contributed by atoms with van der Waals surface area (Å²) in [6.07, 6.45) is 0. The summed E-state index contributed by atoms with van der Waals surface area (Å²) in [7, 11) is 1.12. The van der Waals surface area contributed by atoms with Crippen molar-refractivity contribution in [3.63, 3.8) is 0 Å². The van der Waals surface area contributed by atoms with Crippen molar-refractivity contribution in [3.8, 4) is 5.82 Å². The first-order valence-corrected chi connectivity index (χ1v) is 7.26. The van der Waals surface area contributed by atoms with E-state index in [4.69, 9.17) is 23.2 Å². The fraction of sp³-hybridized carbons (Fsp3) is 0.357. The Labute approximate surface area is 140 Å². The minimum atomic E-state index is -3.44. The first kappa shape index (κ1) is 17.6. The number of pyridine rings is 1. The standard InChI is InChI=1S/C14H13Cl2F2N3O2/c1-6-5-8(15)7(2)19-11(6)21-12(22)9(16)10(14(3,17)18)20(4)13(21)23/h5H,1-4H3. The Morgan fingerprint density at radius 2 is 1.78 bits per heavy atom. The van der Waals surface area contributed by atoms with Crippen molar-refractivity contribution >= 4 is 23.2 Å². The highest BCUT2D eigenvalue weighted by Crippen LogP contribution is 2.30. The van der Waals surface area contributed by atoms with Gasteiger partial charge in [-0.2, -0.15) is 8.78 Å². The molecular formula is C14H13Cl2F2N3O2. The molecule has 0 aliphatic heterocycles. The maximum Gasteiger partial charge on any atom is 0.337 e. The molecule has 0 fully saturated rings. The van der Waals surface area contributed by atoms with E-state index in [1.807, 2.05) is 0 Å². The third kappa shape index (κ3) is 2.90. The molecule has 2 aromatic heterocycles. The third-order valence-corrected chi connectivity index (χ3v) is 4.08. The van der Waals surface area contributed by atoms with Crippen LogP contribution in [0.15, 0.2) is 15.7 Å². The number of hydrogen-bond acceptors (Lipinski definition) is 3. The van der Waals surface area contributed by atoms with Crippen molar-refractivity contribution in [2.24, 2.45) is 7.05 Å². The minimum Gasteiger partial charge on any atom is -0.293 e. The molecule has 0 unspecified atom stereocenters. The smallest absolute Gasteiger partial charge is 0.293 e. The lowest BCUT2D eigenvalue weighted by Gasteiger charge is -2.18. The van der Waals surface area contributed by atoms with E-state index < -0.39 is 27.9 Å². The zero-order valence-electron chi connectivity index (χ0n) is 12.7. The first-order chi connectivity index (χ1) is 10.5. The van der Waals surface area contributed by atoms with Crippen LogP contribution in [0.25, 0.3) is 5.82 Å². The summed E-state index contributed by atoms with van der Waals surface area (Å²) in [5, 5.41) is -0.368. The van der Waals surface area contributed by atoms with E-state index >= 15 is 0 Å². The predicted molar refractivity (Wildman–Crippen MR) is 84.1 cm³/mol. The van der Waals surface area contributed by atoms with Crippen molar-refractivity contribution in [2.45, 2.75) is 26.7 Å². The second-order valence-corrected chi connectivity index (χ2v) is 6.01. The summed E-state index contributed by atoms with van der Waals surface area (Å²) in [5.74, 6) is -3.44. The molecule has 2 aromatic rings. The molecule has 0 bridgehead atoms. The summed E-state index contributed by atoms with van der Waals surface area (Å²) in [5.41, 5.74) is -2.03. The predicted octanol–water partition coefficient (Wildman–Crippen LogP) is 2.97. The number of hydrogen-bond donors (Lipinski definition) is 0. The van der Waals surface area contributed by atoms with Gasteiger partial charge in [-0.25, -0.2) is 14.3 Å². The number of halogens is 4. The molecule has 0 aliphatic carbocycles. The molecule has 2 rings (SSSR count). The Hall–Kier alpha value is -1.73. The van der Waals surface area contributed by atoms with Crippen LogP contribution in [0.5, 0.6) is 0 Å². The van der Waals surface area contributed by atoms with Crippen LogP contribution in [0.2, 0.25) is 10.0 Å². The molecule has 0 atom stereocenters. The monoisotopic (exact) mass is 363 g/mol. The van der Waals surface area contributed by atoms with Crippen molar-refractivity contribution in [3.05, 3.63) is 53.9 Å². The largest absolute Gasteiger partial charge is 0.337 e. The Balaban J connectivity index is 2.95. The van der Waals surface area contributed by atoms with Gasteiger partial charge in [0.1, 0.15) is 16.5 Å². The van der Waals surface area contributed by atoms with E-state index in [1.54, 1.807) is 13.8 Å². The Morgan fingerprint density at radius 3 is 2.30 bits per heavy atom. The summed E-state index contributed by atoms with van der Waals surface area (Å²) in [6, 6.07) is 1.53. The van der Waals surface area contributed by atoms with Crippen LogP contribution in [0.4, 0.5) is 8.78 Å². The molecule has 9 heteroatoms. The van der Waals surface area contributed by atoms with E-state index in [-0.39, 0.29) is 5.82 Å². The van der Waals surface area contributed by atoms with Gasteiger partial charge < -0.3 is 0 Å². The van der Waals surface area contributed by atoms with Crippen LogP contribution in [-0.4, -0.2) is 14.1 Å². The number of nitrogens with zero attached hydrogens (tertiary/aromatic N) is 3. The van der Waals surface area contributed by atoms with Crippen LogP contribution >= 0.6 is 23.2 Å². The second kappa shape index (κ2) is 5.72. The highest BCUT2D eigenvalue weighted by atomic mass is 35.5. The molecule has 2 heterocycles. The average Bonchev–Trinajstić information content (AvgIpc) is 2.41. The van der Waals surface area contributed by atoms with E-state index in [0.29, 0.717) is 32.3 Å². The SMILES string of the molecule is Cc1cc(Cl)c(C)nc1-n1c(=O)c(Cl)c(C(C)(F)F)n(C)c1=O. The molecule has 0 saturated carbocycles. The molecule has 0 aromatic carbocycles. The van der Waals surface area contributed by atoms with E-state index in [2.05, 4.69) is 4.98 Å². The summed E-state index contributed by atoms with van der Waals surface area (Å²) in [6.45, 7) is 3.75. The van der Waals surface area contributed by atoms with Gasteiger partial charge in [-0.3, -0.25) is 9.36 Å². The molecule has 124 valence electrons. The quantitative estimate of drug-likeness (QED) is 0.823. The van der Waals surface area contributed by atoms with Crippen molar-refractivity contribution in [1.82, 2.24) is 14.1 Å². The van der Waals surface area contributed by atoms with Crippen LogP contribution < -0.4 is 11.2 Å². The highest BCUT2D eigenvalue weighted by molar-refractivity contribution is 6.31. The molecule has 23 heavy (non-hydrogen) atoms. The molecular weight excluding hydrogens is 351 g/mol. The van der Waals surface area contributed by atoms with Gasteiger partial charge in [-0.05, 0) is 25.5 Å². The zero-order valence-corrected chi connectivity index (χ0v) is 14.3. The molecule has 0 spiro atoms. The van der Waals surface area contributed by atoms with Gasteiger partial charge in [-0.1, -0.05) is 23.2 Å². The number of aryl methyl sites for hydroxylation is 2. The van der Waals surface area contributed by atoms with Crippen LogP contribution in [-0.2, 0) is 13.0 Å². The average molecular weight is 364 g/mol. The number of rotatable bonds is 2.